The fraction of sp³-hybridized carbons (Fsp3) is 0. The summed E-state index contributed by atoms with van der Waals surface area (Å²) in [5, 5.41) is 8.83. The minimum atomic E-state index is -1.06. The third-order valence-electron chi connectivity index (χ3n) is 2.20. The molecule has 0 aliphatic heterocycles. The molecule has 0 bridgehead atoms. The predicted molar refractivity (Wildman–Crippen MR) is 63.9 cm³/mol. The van der Waals surface area contributed by atoms with Gasteiger partial charge in [0.25, 0.3) is 0 Å². The van der Waals surface area contributed by atoms with Crippen molar-refractivity contribution in [3.8, 4) is 0 Å². The average Bonchev–Trinajstić information content (AvgIpc) is 2.34. The molecule has 0 saturated carbocycles. The zero-order chi connectivity index (χ0) is 13.1. The summed E-state index contributed by atoms with van der Waals surface area (Å²) in [5.74, 6) is -2.13. The standard InChI is InChI=1S/C13H8F2O2S/c14-9-4-5-11(15)12(7-9)18-10-3-1-2-8(6-10)13(16)17/h1-7H,(H,16,17). The van der Waals surface area contributed by atoms with Gasteiger partial charge in [-0.05, 0) is 36.4 Å². The van der Waals surface area contributed by atoms with E-state index in [0.29, 0.717) is 4.90 Å². The molecule has 2 nitrogen and oxygen atoms in total. The minimum Gasteiger partial charge on any atom is -0.478 e. The molecule has 0 unspecified atom stereocenters. The second-order valence-corrected chi connectivity index (χ2v) is 4.63. The first-order valence-corrected chi connectivity index (χ1v) is 5.84. The lowest BCUT2D eigenvalue weighted by atomic mass is 10.2. The molecule has 92 valence electrons. The second kappa shape index (κ2) is 5.18. The Bertz CT molecular complexity index is 599. The van der Waals surface area contributed by atoms with E-state index < -0.39 is 17.6 Å². The van der Waals surface area contributed by atoms with Crippen molar-refractivity contribution < 1.29 is 18.7 Å². The van der Waals surface area contributed by atoms with E-state index in [2.05, 4.69) is 0 Å². The molecule has 1 N–H and O–H groups in total. The second-order valence-electron chi connectivity index (χ2n) is 3.51. The van der Waals surface area contributed by atoms with Gasteiger partial charge in [-0.2, -0.15) is 0 Å². The first-order chi connectivity index (χ1) is 8.56. The molecule has 18 heavy (non-hydrogen) atoms. The monoisotopic (exact) mass is 266 g/mol. The van der Waals surface area contributed by atoms with Crippen molar-refractivity contribution in [2.75, 3.05) is 0 Å². The van der Waals surface area contributed by atoms with Gasteiger partial charge in [0.2, 0.25) is 0 Å². The van der Waals surface area contributed by atoms with E-state index in [1.807, 2.05) is 0 Å². The highest BCUT2D eigenvalue weighted by Crippen LogP contribution is 2.30. The minimum absolute atomic E-state index is 0.108. The van der Waals surface area contributed by atoms with Crippen LogP contribution in [-0.4, -0.2) is 11.1 Å². The van der Waals surface area contributed by atoms with Gasteiger partial charge in [-0.1, -0.05) is 17.8 Å². The molecule has 2 aromatic rings. The Labute approximate surface area is 106 Å². The molecule has 0 aliphatic carbocycles. The number of halogens is 2. The fourth-order valence-corrected chi connectivity index (χ4v) is 2.30. The van der Waals surface area contributed by atoms with Gasteiger partial charge < -0.3 is 5.11 Å². The van der Waals surface area contributed by atoms with Crippen LogP contribution in [0.1, 0.15) is 10.4 Å². The fourth-order valence-electron chi connectivity index (χ4n) is 1.37. The van der Waals surface area contributed by atoms with Gasteiger partial charge in [-0.25, -0.2) is 13.6 Å². The van der Waals surface area contributed by atoms with Crippen LogP contribution in [0.2, 0.25) is 0 Å². The Hall–Kier alpha value is -1.88. The van der Waals surface area contributed by atoms with Crippen LogP contribution in [0.3, 0.4) is 0 Å². The van der Waals surface area contributed by atoms with Crippen molar-refractivity contribution in [3.05, 3.63) is 59.7 Å². The van der Waals surface area contributed by atoms with Gasteiger partial charge in [-0.3, -0.25) is 0 Å². The molecule has 2 rings (SSSR count). The predicted octanol–water partition coefficient (Wildman–Crippen LogP) is 3.81. The third kappa shape index (κ3) is 2.87. The van der Waals surface area contributed by atoms with Gasteiger partial charge in [0.15, 0.2) is 0 Å². The van der Waals surface area contributed by atoms with Crippen molar-refractivity contribution in [2.24, 2.45) is 0 Å². The summed E-state index contributed by atoms with van der Waals surface area (Å²) in [6, 6.07) is 9.20. The first kappa shape index (κ1) is 12.6. The summed E-state index contributed by atoms with van der Waals surface area (Å²) in [5.41, 5.74) is 0.108. The Morgan fingerprint density at radius 2 is 1.89 bits per heavy atom. The summed E-state index contributed by atoms with van der Waals surface area (Å²) in [7, 11) is 0. The van der Waals surface area contributed by atoms with Gasteiger partial charge >= 0.3 is 5.97 Å². The zero-order valence-electron chi connectivity index (χ0n) is 9.06. The van der Waals surface area contributed by atoms with E-state index in [1.165, 1.54) is 12.1 Å². The Balaban J connectivity index is 2.31. The third-order valence-corrected chi connectivity index (χ3v) is 3.22. The summed E-state index contributed by atoms with van der Waals surface area (Å²) in [6.45, 7) is 0. The van der Waals surface area contributed by atoms with E-state index in [-0.39, 0.29) is 10.5 Å². The summed E-state index contributed by atoms with van der Waals surface area (Å²) < 4.78 is 26.4. The normalized spacial score (nSPS) is 10.3. The SMILES string of the molecule is O=C(O)c1cccc(Sc2cc(F)ccc2F)c1. The topological polar surface area (TPSA) is 37.3 Å². The maximum absolute atomic E-state index is 13.4. The highest BCUT2D eigenvalue weighted by atomic mass is 32.2. The Morgan fingerprint density at radius 1 is 1.11 bits per heavy atom. The molecule has 0 aliphatic rings. The number of benzene rings is 2. The average molecular weight is 266 g/mol. The first-order valence-electron chi connectivity index (χ1n) is 5.02. The molecule has 0 heterocycles. The smallest absolute Gasteiger partial charge is 0.335 e. The van der Waals surface area contributed by atoms with Crippen LogP contribution in [0.15, 0.2) is 52.3 Å². The largest absolute Gasteiger partial charge is 0.478 e. The number of hydrogen-bond donors (Lipinski definition) is 1. The lowest BCUT2D eigenvalue weighted by molar-refractivity contribution is 0.0696. The molecule has 2 aromatic carbocycles. The van der Waals surface area contributed by atoms with Crippen LogP contribution in [0.4, 0.5) is 8.78 Å². The zero-order valence-corrected chi connectivity index (χ0v) is 9.88. The van der Waals surface area contributed by atoms with E-state index in [1.54, 1.807) is 12.1 Å². The van der Waals surface area contributed by atoms with Crippen molar-refractivity contribution in [2.45, 2.75) is 9.79 Å². The molecule has 0 amide bonds. The molecular weight excluding hydrogens is 258 g/mol. The van der Waals surface area contributed by atoms with Crippen LogP contribution < -0.4 is 0 Å². The van der Waals surface area contributed by atoms with E-state index >= 15 is 0 Å². The number of carboxylic acids is 1. The number of hydrogen-bond acceptors (Lipinski definition) is 2. The van der Waals surface area contributed by atoms with Crippen LogP contribution in [0, 0.1) is 11.6 Å². The number of rotatable bonds is 3. The molecule has 0 radical (unpaired) electrons. The number of carbonyl (C=O) groups is 1. The van der Waals surface area contributed by atoms with Crippen LogP contribution in [0.5, 0.6) is 0 Å². The molecule has 0 saturated heterocycles. The summed E-state index contributed by atoms with van der Waals surface area (Å²) >= 11 is 0.982. The molecule has 0 spiro atoms. The summed E-state index contributed by atoms with van der Waals surface area (Å²) in [4.78, 5) is 11.4. The van der Waals surface area contributed by atoms with E-state index in [0.717, 1.165) is 30.0 Å². The van der Waals surface area contributed by atoms with Crippen molar-refractivity contribution >= 4 is 17.7 Å². The molecule has 0 atom stereocenters. The Kier molecular flexibility index (Phi) is 3.62. The maximum atomic E-state index is 13.4. The van der Waals surface area contributed by atoms with Crippen molar-refractivity contribution in [1.29, 1.82) is 0 Å². The van der Waals surface area contributed by atoms with Crippen molar-refractivity contribution in [3.63, 3.8) is 0 Å². The van der Waals surface area contributed by atoms with Crippen LogP contribution in [0.25, 0.3) is 0 Å². The van der Waals surface area contributed by atoms with E-state index in [4.69, 9.17) is 5.11 Å². The number of aromatic carboxylic acids is 1. The Morgan fingerprint density at radius 3 is 2.61 bits per heavy atom. The van der Waals surface area contributed by atoms with Crippen molar-refractivity contribution in [1.82, 2.24) is 0 Å². The van der Waals surface area contributed by atoms with E-state index in [9.17, 15) is 13.6 Å². The maximum Gasteiger partial charge on any atom is 0.335 e. The van der Waals surface area contributed by atoms with Gasteiger partial charge in [0, 0.05) is 4.90 Å². The number of carboxylic acid groups (broad SMARTS) is 1. The quantitative estimate of drug-likeness (QED) is 0.917. The summed E-state index contributed by atoms with van der Waals surface area (Å²) in [6.07, 6.45) is 0. The molecule has 5 heteroatoms. The highest BCUT2D eigenvalue weighted by molar-refractivity contribution is 7.99. The van der Waals surface area contributed by atoms with Crippen LogP contribution >= 0.6 is 11.8 Å². The van der Waals surface area contributed by atoms with Gasteiger partial charge in [0.05, 0.1) is 10.5 Å². The molecular formula is C13H8F2O2S. The van der Waals surface area contributed by atoms with Gasteiger partial charge in [-0.15, -0.1) is 0 Å². The molecule has 0 fully saturated rings. The van der Waals surface area contributed by atoms with Gasteiger partial charge in [0.1, 0.15) is 11.6 Å². The lowest BCUT2D eigenvalue weighted by Crippen LogP contribution is -1.95. The lowest BCUT2D eigenvalue weighted by Gasteiger charge is -2.04. The molecule has 0 aromatic heterocycles. The highest BCUT2D eigenvalue weighted by Gasteiger charge is 2.08. The van der Waals surface area contributed by atoms with Crippen LogP contribution in [-0.2, 0) is 0 Å².